The largest absolute Gasteiger partial charge is 0.451 e. The number of nitrogens with zero attached hydrogens (tertiary/aromatic N) is 1. The zero-order valence-electron chi connectivity index (χ0n) is 17.3. The van der Waals surface area contributed by atoms with E-state index in [1.54, 1.807) is 19.1 Å². The number of furan rings is 1. The van der Waals surface area contributed by atoms with Crippen LogP contribution in [-0.4, -0.2) is 35.7 Å². The zero-order valence-corrected chi connectivity index (χ0v) is 17.3. The van der Waals surface area contributed by atoms with E-state index in [0.29, 0.717) is 30.1 Å². The summed E-state index contributed by atoms with van der Waals surface area (Å²) in [5.74, 6) is -3.47. The molecule has 3 amide bonds. The number of aryl methyl sites for hydroxylation is 1. The fourth-order valence-electron chi connectivity index (χ4n) is 3.85. The van der Waals surface area contributed by atoms with Gasteiger partial charge in [-0.3, -0.25) is 25.2 Å². The molecule has 0 radical (unpaired) electrons. The average Bonchev–Trinajstić information content (AvgIpc) is 3.14. The molecule has 0 unspecified atom stereocenters. The first-order chi connectivity index (χ1) is 15.3. The molecule has 2 heterocycles. The number of carbonyl (C=O) groups is 3. The molecule has 1 fully saturated rings. The van der Waals surface area contributed by atoms with Gasteiger partial charge in [0.1, 0.15) is 17.2 Å². The minimum Gasteiger partial charge on any atom is -0.451 e. The fraction of sp³-hybridized carbons (Fsp3) is 0.261. The van der Waals surface area contributed by atoms with Crippen LogP contribution in [0.15, 0.2) is 46.9 Å². The molecule has 9 heteroatoms. The highest BCUT2D eigenvalue weighted by molar-refractivity contribution is 5.99. The Morgan fingerprint density at radius 2 is 1.75 bits per heavy atom. The van der Waals surface area contributed by atoms with Crippen LogP contribution in [0.1, 0.15) is 39.3 Å². The number of para-hydroxylation sites is 1. The molecule has 2 N–H and O–H groups in total. The molecule has 0 bridgehead atoms. The molecule has 3 aromatic rings. The first-order valence-corrected chi connectivity index (χ1v) is 10.2. The van der Waals surface area contributed by atoms with E-state index in [-0.39, 0.29) is 30.3 Å². The monoisotopic (exact) mass is 441 g/mol. The molecule has 166 valence electrons. The Bertz CT molecular complexity index is 1200. The van der Waals surface area contributed by atoms with E-state index in [1.165, 1.54) is 4.90 Å². The van der Waals surface area contributed by atoms with Gasteiger partial charge in [0, 0.05) is 36.0 Å². The van der Waals surface area contributed by atoms with Crippen LogP contribution in [0.5, 0.6) is 0 Å². The molecule has 0 atom stereocenters. The number of amides is 3. The topological polar surface area (TPSA) is 91.7 Å². The molecular formula is C23H21F2N3O4. The molecule has 7 nitrogen and oxygen atoms in total. The lowest BCUT2D eigenvalue weighted by Gasteiger charge is -2.31. The molecule has 1 aliphatic rings. The Morgan fingerprint density at radius 3 is 2.44 bits per heavy atom. The molecule has 1 saturated heterocycles. The average molecular weight is 441 g/mol. The predicted molar refractivity (Wildman–Crippen MR) is 112 cm³/mol. The SMILES string of the molecule is Cc1c(C(=O)NNC(=O)C2CCN(C(=O)c3ccc(F)cc3F)CC2)oc2ccccc12. The van der Waals surface area contributed by atoms with Crippen molar-refractivity contribution in [3.8, 4) is 0 Å². The van der Waals surface area contributed by atoms with Crippen molar-refractivity contribution in [2.24, 2.45) is 5.92 Å². The van der Waals surface area contributed by atoms with Crippen LogP contribution in [0.2, 0.25) is 0 Å². The lowest BCUT2D eigenvalue weighted by Crippen LogP contribution is -2.48. The van der Waals surface area contributed by atoms with Crippen molar-refractivity contribution in [3.05, 3.63) is 71.0 Å². The third kappa shape index (κ3) is 4.18. The van der Waals surface area contributed by atoms with Gasteiger partial charge >= 0.3 is 5.91 Å². The number of nitrogens with one attached hydrogen (secondary N) is 2. The van der Waals surface area contributed by atoms with E-state index < -0.39 is 29.4 Å². The third-order valence-electron chi connectivity index (χ3n) is 5.66. The van der Waals surface area contributed by atoms with E-state index >= 15 is 0 Å². The second-order valence-corrected chi connectivity index (χ2v) is 7.69. The number of halogens is 2. The smallest absolute Gasteiger partial charge is 0.305 e. The highest BCUT2D eigenvalue weighted by atomic mass is 19.1. The zero-order chi connectivity index (χ0) is 22.8. The third-order valence-corrected chi connectivity index (χ3v) is 5.66. The van der Waals surface area contributed by atoms with E-state index in [4.69, 9.17) is 4.42 Å². The maximum atomic E-state index is 13.9. The van der Waals surface area contributed by atoms with Crippen molar-refractivity contribution >= 4 is 28.7 Å². The quantitative estimate of drug-likeness (QED) is 0.610. The Kier molecular flexibility index (Phi) is 5.89. The number of hydrazine groups is 1. The number of piperidine rings is 1. The van der Waals surface area contributed by atoms with Gasteiger partial charge in [0.25, 0.3) is 5.91 Å². The van der Waals surface area contributed by atoms with Gasteiger partial charge in [-0.05, 0) is 38.0 Å². The Morgan fingerprint density at radius 1 is 1.03 bits per heavy atom. The van der Waals surface area contributed by atoms with Crippen LogP contribution >= 0.6 is 0 Å². The summed E-state index contributed by atoms with van der Waals surface area (Å²) in [5, 5.41) is 0.818. The predicted octanol–water partition coefficient (Wildman–Crippen LogP) is 3.33. The van der Waals surface area contributed by atoms with Crippen molar-refractivity contribution in [2.45, 2.75) is 19.8 Å². The van der Waals surface area contributed by atoms with Crippen molar-refractivity contribution in [2.75, 3.05) is 13.1 Å². The highest BCUT2D eigenvalue weighted by Gasteiger charge is 2.29. The first kappa shape index (κ1) is 21.5. The lowest BCUT2D eigenvalue weighted by molar-refractivity contribution is -0.127. The number of likely N-dealkylation sites (tertiary alicyclic amines) is 1. The number of hydrogen-bond acceptors (Lipinski definition) is 4. The molecule has 32 heavy (non-hydrogen) atoms. The van der Waals surface area contributed by atoms with Crippen molar-refractivity contribution in [1.29, 1.82) is 0 Å². The molecule has 1 aliphatic heterocycles. The summed E-state index contributed by atoms with van der Waals surface area (Å²) in [6, 6.07) is 10.1. The van der Waals surface area contributed by atoms with Crippen molar-refractivity contribution < 1.29 is 27.6 Å². The van der Waals surface area contributed by atoms with Crippen LogP contribution in [0.4, 0.5) is 8.78 Å². The van der Waals surface area contributed by atoms with Crippen molar-refractivity contribution in [3.63, 3.8) is 0 Å². The molecule has 0 aliphatic carbocycles. The summed E-state index contributed by atoms with van der Waals surface area (Å²) in [5.41, 5.74) is 5.83. The van der Waals surface area contributed by atoms with E-state index in [1.807, 2.05) is 12.1 Å². The second-order valence-electron chi connectivity index (χ2n) is 7.69. The van der Waals surface area contributed by atoms with Gasteiger partial charge in [0.05, 0.1) is 5.56 Å². The van der Waals surface area contributed by atoms with Crippen molar-refractivity contribution in [1.82, 2.24) is 15.8 Å². The summed E-state index contributed by atoms with van der Waals surface area (Å²) in [7, 11) is 0. The first-order valence-electron chi connectivity index (χ1n) is 10.2. The van der Waals surface area contributed by atoms with Crippen LogP contribution in [0, 0.1) is 24.5 Å². The van der Waals surface area contributed by atoms with Gasteiger partial charge in [-0.1, -0.05) is 18.2 Å². The Hall–Kier alpha value is -3.75. The van der Waals surface area contributed by atoms with Gasteiger partial charge in [-0.15, -0.1) is 0 Å². The van der Waals surface area contributed by atoms with E-state index in [0.717, 1.165) is 17.5 Å². The van der Waals surface area contributed by atoms with Gasteiger partial charge in [0.15, 0.2) is 5.76 Å². The minimum absolute atomic E-state index is 0.119. The fourth-order valence-corrected chi connectivity index (χ4v) is 3.85. The summed E-state index contributed by atoms with van der Waals surface area (Å²) >= 11 is 0. The normalized spacial score (nSPS) is 14.4. The number of rotatable bonds is 3. The molecule has 2 aromatic carbocycles. The summed E-state index contributed by atoms with van der Waals surface area (Å²) in [6.07, 6.45) is 0.694. The lowest BCUT2D eigenvalue weighted by atomic mass is 9.95. The van der Waals surface area contributed by atoms with Crippen LogP contribution < -0.4 is 10.9 Å². The van der Waals surface area contributed by atoms with E-state index in [9.17, 15) is 23.2 Å². The number of fused-ring (bicyclic) bond motifs is 1. The van der Waals surface area contributed by atoms with Gasteiger partial charge < -0.3 is 9.32 Å². The molecule has 0 spiro atoms. The van der Waals surface area contributed by atoms with Gasteiger partial charge in [-0.25, -0.2) is 8.78 Å². The molecule has 0 saturated carbocycles. The van der Waals surface area contributed by atoms with Crippen LogP contribution in [0.25, 0.3) is 11.0 Å². The second kappa shape index (κ2) is 8.78. The summed E-state index contributed by atoms with van der Waals surface area (Å²) < 4.78 is 32.5. The Labute approximate surface area is 182 Å². The summed E-state index contributed by atoms with van der Waals surface area (Å²) in [4.78, 5) is 38.8. The molecule has 1 aromatic heterocycles. The maximum Gasteiger partial charge on any atom is 0.305 e. The van der Waals surface area contributed by atoms with Crippen LogP contribution in [-0.2, 0) is 4.79 Å². The van der Waals surface area contributed by atoms with Gasteiger partial charge in [-0.2, -0.15) is 0 Å². The number of benzene rings is 2. The number of hydrogen-bond donors (Lipinski definition) is 2. The Balaban J connectivity index is 1.31. The molecular weight excluding hydrogens is 420 g/mol. The van der Waals surface area contributed by atoms with Gasteiger partial charge in [0.2, 0.25) is 5.91 Å². The van der Waals surface area contributed by atoms with E-state index in [2.05, 4.69) is 10.9 Å². The molecule has 4 rings (SSSR count). The highest BCUT2D eigenvalue weighted by Crippen LogP contribution is 2.25. The summed E-state index contributed by atoms with van der Waals surface area (Å²) in [6.45, 7) is 2.24. The maximum absolute atomic E-state index is 13.9. The minimum atomic E-state index is -0.918. The van der Waals surface area contributed by atoms with Crippen LogP contribution in [0.3, 0.4) is 0 Å². The standard InChI is InChI=1S/C23H21F2N3O4/c1-13-16-4-2-3-5-19(16)32-20(13)22(30)27-26-21(29)14-8-10-28(11-9-14)23(31)17-7-6-15(24)12-18(17)25/h2-7,12,14H,8-11H2,1H3,(H,26,29)(H,27,30). The number of carbonyl (C=O) groups excluding carboxylic acids is 3.